The molecule has 0 spiro atoms. The fourth-order valence-electron chi connectivity index (χ4n) is 4.08. The molecule has 0 aromatic carbocycles. The van der Waals surface area contributed by atoms with Crippen LogP contribution in [-0.2, 0) is 9.59 Å². The molecule has 6 heteroatoms. The van der Waals surface area contributed by atoms with Gasteiger partial charge >= 0.3 is 5.97 Å². The van der Waals surface area contributed by atoms with Crippen molar-refractivity contribution in [1.29, 1.82) is 0 Å². The minimum atomic E-state index is -0.803. The van der Waals surface area contributed by atoms with Crippen molar-refractivity contribution >= 4 is 11.8 Å². The number of hydrogen-bond donors (Lipinski definition) is 2. The third kappa shape index (κ3) is 9.58. The number of carbonyl (C=O) groups excluding carboxylic acids is 1. The third-order valence-electron chi connectivity index (χ3n) is 5.76. The van der Waals surface area contributed by atoms with Crippen LogP contribution in [0.4, 0.5) is 0 Å². The molecular formula is C22H37NO5. The first-order valence-electron chi connectivity index (χ1n) is 10.9. The van der Waals surface area contributed by atoms with E-state index in [4.69, 9.17) is 5.11 Å². The summed E-state index contributed by atoms with van der Waals surface area (Å²) in [7, 11) is 0. The lowest BCUT2D eigenvalue weighted by molar-refractivity contribution is -0.137. The van der Waals surface area contributed by atoms with E-state index in [1.165, 1.54) is 19.3 Å². The van der Waals surface area contributed by atoms with Gasteiger partial charge in [-0.05, 0) is 44.4 Å². The second-order valence-electron chi connectivity index (χ2n) is 8.04. The van der Waals surface area contributed by atoms with Gasteiger partial charge < -0.3 is 10.2 Å². The molecule has 0 aromatic rings. The van der Waals surface area contributed by atoms with Gasteiger partial charge in [-0.25, -0.2) is 0 Å². The van der Waals surface area contributed by atoms with Gasteiger partial charge in [0.25, 0.3) is 0 Å². The van der Waals surface area contributed by atoms with Gasteiger partial charge in [0.2, 0.25) is 0 Å². The minimum absolute atomic E-state index is 0.0823. The Morgan fingerprint density at radius 1 is 1.18 bits per heavy atom. The maximum absolute atomic E-state index is 12.3. The lowest BCUT2D eigenvalue weighted by atomic mass is 9.85. The Morgan fingerprint density at radius 2 is 1.93 bits per heavy atom. The molecule has 28 heavy (non-hydrogen) atoms. The van der Waals surface area contributed by atoms with Crippen molar-refractivity contribution in [3.8, 4) is 0 Å². The Balaban J connectivity index is 2.41. The summed E-state index contributed by atoms with van der Waals surface area (Å²) in [5.74, 6) is -1.03. The number of nitrogens with zero attached hydrogens (tertiary/aromatic N) is 1. The number of aliphatic carboxylic acids is 1. The third-order valence-corrected chi connectivity index (χ3v) is 5.76. The number of nitroso groups, excluding NO2 is 1. The summed E-state index contributed by atoms with van der Waals surface area (Å²) in [5, 5.41) is 22.1. The van der Waals surface area contributed by atoms with Crippen LogP contribution in [0.3, 0.4) is 0 Å². The van der Waals surface area contributed by atoms with Crippen LogP contribution in [0.5, 0.6) is 0 Å². The minimum Gasteiger partial charge on any atom is -0.481 e. The first-order valence-corrected chi connectivity index (χ1v) is 10.9. The number of Topliss-reactive ketones (excluding diaryl/α,β-unsaturated/α-hetero) is 1. The van der Waals surface area contributed by atoms with E-state index in [9.17, 15) is 19.6 Å². The molecule has 1 fully saturated rings. The Labute approximate surface area is 168 Å². The molecule has 0 heterocycles. The molecule has 4 unspecified atom stereocenters. The summed E-state index contributed by atoms with van der Waals surface area (Å²) in [6.07, 6.45) is 13.5. The van der Waals surface area contributed by atoms with Crippen LogP contribution in [-0.4, -0.2) is 34.1 Å². The van der Waals surface area contributed by atoms with E-state index in [2.05, 4.69) is 12.1 Å². The monoisotopic (exact) mass is 395 g/mol. The molecule has 0 saturated heterocycles. The van der Waals surface area contributed by atoms with E-state index in [-0.39, 0.29) is 36.6 Å². The number of carbonyl (C=O) groups is 2. The number of carboxylic acid groups (broad SMARTS) is 1. The zero-order valence-corrected chi connectivity index (χ0v) is 17.2. The van der Waals surface area contributed by atoms with Crippen LogP contribution in [0.2, 0.25) is 0 Å². The van der Waals surface area contributed by atoms with Crippen LogP contribution < -0.4 is 0 Å². The second-order valence-corrected chi connectivity index (χ2v) is 8.04. The smallest absolute Gasteiger partial charge is 0.303 e. The normalized spacial score (nSPS) is 23.4. The van der Waals surface area contributed by atoms with E-state index >= 15 is 0 Å². The SMILES string of the molecule is CCCCCCCC(O)CCC1C(N=O)CC(=O)C1CC=CCCCC(=O)O. The van der Waals surface area contributed by atoms with Crippen LogP contribution in [0.25, 0.3) is 0 Å². The number of hydrogen-bond acceptors (Lipinski definition) is 5. The Hall–Kier alpha value is -1.56. The van der Waals surface area contributed by atoms with Gasteiger partial charge in [-0.3, -0.25) is 9.59 Å². The van der Waals surface area contributed by atoms with Gasteiger partial charge in [0, 0.05) is 18.8 Å². The van der Waals surface area contributed by atoms with E-state index in [1.807, 2.05) is 12.2 Å². The average Bonchev–Trinajstić information content (AvgIpc) is 2.97. The molecule has 0 aromatic heterocycles. The van der Waals surface area contributed by atoms with E-state index < -0.39 is 12.0 Å². The molecule has 160 valence electrons. The van der Waals surface area contributed by atoms with Gasteiger partial charge in [-0.15, -0.1) is 0 Å². The van der Waals surface area contributed by atoms with E-state index in [1.54, 1.807) is 0 Å². The summed E-state index contributed by atoms with van der Waals surface area (Å²) in [5.41, 5.74) is 0. The Bertz CT molecular complexity index is 505. The largest absolute Gasteiger partial charge is 0.481 e. The molecule has 2 N–H and O–H groups in total. The molecule has 6 nitrogen and oxygen atoms in total. The summed E-state index contributed by atoms with van der Waals surface area (Å²) < 4.78 is 0. The highest BCUT2D eigenvalue weighted by Crippen LogP contribution is 2.37. The Morgan fingerprint density at radius 3 is 2.61 bits per heavy atom. The van der Waals surface area contributed by atoms with Gasteiger partial charge in [0.05, 0.1) is 6.10 Å². The molecule has 0 amide bonds. The quantitative estimate of drug-likeness (QED) is 0.217. The number of unbranched alkanes of at least 4 members (excludes halogenated alkanes) is 5. The van der Waals surface area contributed by atoms with Crippen LogP contribution in [0, 0.1) is 16.7 Å². The first-order chi connectivity index (χ1) is 13.5. The second kappa shape index (κ2) is 14.4. The average molecular weight is 396 g/mol. The van der Waals surface area contributed by atoms with Gasteiger partial charge in [-0.2, -0.15) is 4.91 Å². The van der Waals surface area contributed by atoms with Gasteiger partial charge in [0.1, 0.15) is 11.8 Å². The zero-order chi connectivity index (χ0) is 20.8. The summed E-state index contributed by atoms with van der Waals surface area (Å²) >= 11 is 0. The van der Waals surface area contributed by atoms with Gasteiger partial charge in [-0.1, -0.05) is 56.4 Å². The van der Waals surface area contributed by atoms with Crippen LogP contribution in [0.1, 0.15) is 90.4 Å². The van der Waals surface area contributed by atoms with Crippen molar-refractivity contribution in [2.75, 3.05) is 0 Å². The molecule has 0 bridgehead atoms. The Kier molecular flexibility index (Phi) is 12.6. The van der Waals surface area contributed by atoms with Crippen molar-refractivity contribution in [3.05, 3.63) is 17.1 Å². The lowest BCUT2D eigenvalue weighted by Gasteiger charge is -2.21. The van der Waals surface area contributed by atoms with E-state index in [0.29, 0.717) is 32.1 Å². The topological polar surface area (TPSA) is 104 Å². The number of aliphatic hydroxyl groups is 1. The van der Waals surface area contributed by atoms with Crippen molar-refractivity contribution < 1.29 is 19.8 Å². The maximum Gasteiger partial charge on any atom is 0.303 e. The number of ketones is 1. The molecule has 1 aliphatic carbocycles. The predicted octanol–water partition coefficient (Wildman–Crippen LogP) is 5.03. The fraction of sp³-hybridized carbons (Fsp3) is 0.818. The molecule has 0 radical (unpaired) electrons. The summed E-state index contributed by atoms with van der Waals surface area (Å²) in [6, 6.07) is -0.477. The molecule has 1 rings (SSSR count). The molecule has 1 saturated carbocycles. The van der Waals surface area contributed by atoms with Crippen molar-refractivity contribution in [2.45, 2.75) is 103 Å². The number of aliphatic hydroxyl groups excluding tert-OH is 1. The number of carboxylic acids is 1. The standard InChI is InChI=1S/C22H37NO5/c1-2-3-4-5-8-11-17(24)14-15-18-19(21(25)16-20(18)23-28)12-9-6-7-10-13-22(26)27/h6,9,17-20,24H,2-5,7-8,10-16H2,1H3,(H,26,27). The number of allylic oxidation sites excluding steroid dienone is 2. The highest BCUT2D eigenvalue weighted by Gasteiger charge is 2.42. The van der Waals surface area contributed by atoms with Gasteiger partial charge in [0.15, 0.2) is 0 Å². The zero-order valence-electron chi connectivity index (χ0n) is 17.2. The van der Waals surface area contributed by atoms with E-state index in [0.717, 1.165) is 19.3 Å². The van der Waals surface area contributed by atoms with Crippen molar-refractivity contribution in [3.63, 3.8) is 0 Å². The maximum atomic E-state index is 12.3. The van der Waals surface area contributed by atoms with Crippen molar-refractivity contribution in [2.24, 2.45) is 17.0 Å². The molecule has 1 aliphatic rings. The summed E-state index contributed by atoms with van der Waals surface area (Å²) in [6.45, 7) is 2.18. The first kappa shape index (κ1) is 24.5. The molecular weight excluding hydrogens is 358 g/mol. The molecule has 0 aliphatic heterocycles. The number of rotatable bonds is 16. The lowest BCUT2D eigenvalue weighted by Crippen LogP contribution is -2.21. The van der Waals surface area contributed by atoms with Crippen LogP contribution >= 0.6 is 0 Å². The fourth-order valence-corrected chi connectivity index (χ4v) is 4.08. The molecule has 4 atom stereocenters. The highest BCUT2D eigenvalue weighted by molar-refractivity contribution is 5.84. The predicted molar refractivity (Wildman–Crippen MR) is 110 cm³/mol. The highest BCUT2D eigenvalue weighted by atomic mass is 16.4. The van der Waals surface area contributed by atoms with Crippen molar-refractivity contribution in [1.82, 2.24) is 0 Å². The summed E-state index contributed by atoms with van der Waals surface area (Å²) in [4.78, 5) is 34.0. The van der Waals surface area contributed by atoms with Crippen LogP contribution in [0.15, 0.2) is 17.3 Å².